The molecule has 3 aromatic rings. The number of sulfonamides is 1. The number of piperidine rings is 1. The first kappa shape index (κ1) is 27.5. The quantitative estimate of drug-likeness (QED) is 0.410. The molecule has 1 aliphatic heterocycles. The third-order valence-electron chi connectivity index (χ3n) is 6.86. The maximum atomic E-state index is 13.7. The third-order valence-corrected chi connectivity index (χ3v) is 8.89. The number of hydrogen-bond donors (Lipinski definition) is 1. The first-order valence-electron chi connectivity index (χ1n) is 12.6. The molecular weight excluding hydrogens is 502 g/mol. The minimum Gasteiger partial charge on any atom is -0.355 e. The summed E-state index contributed by atoms with van der Waals surface area (Å²) in [5.41, 5.74) is 5.59. The zero-order chi connectivity index (χ0) is 27.6. The van der Waals surface area contributed by atoms with Crippen molar-refractivity contribution in [3.05, 3.63) is 75.7 Å². The average molecular weight is 536 g/mol. The summed E-state index contributed by atoms with van der Waals surface area (Å²) in [6, 6.07) is 10.9. The van der Waals surface area contributed by atoms with E-state index in [9.17, 15) is 18.0 Å². The highest BCUT2D eigenvalue weighted by atomic mass is 32.2. The summed E-state index contributed by atoms with van der Waals surface area (Å²) in [6.45, 7) is 9.47. The van der Waals surface area contributed by atoms with Gasteiger partial charge in [-0.25, -0.2) is 8.42 Å². The van der Waals surface area contributed by atoms with E-state index >= 15 is 0 Å². The molecule has 9 heteroatoms. The van der Waals surface area contributed by atoms with Crippen molar-refractivity contribution in [1.82, 2.24) is 9.46 Å². The van der Waals surface area contributed by atoms with Gasteiger partial charge in [0.05, 0.1) is 5.92 Å². The van der Waals surface area contributed by atoms with Gasteiger partial charge in [-0.15, -0.1) is 0 Å². The van der Waals surface area contributed by atoms with Gasteiger partial charge in [-0.1, -0.05) is 41.1 Å². The molecule has 1 atom stereocenters. The molecule has 1 N–H and O–H groups in total. The van der Waals surface area contributed by atoms with Crippen molar-refractivity contribution in [3.8, 4) is 0 Å². The van der Waals surface area contributed by atoms with Crippen molar-refractivity contribution in [1.29, 1.82) is 0 Å². The highest BCUT2D eigenvalue weighted by molar-refractivity contribution is 7.89. The molecule has 38 heavy (non-hydrogen) atoms. The number of anilines is 1. The number of aryl methyl sites for hydroxylation is 4. The molecule has 0 radical (unpaired) electrons. The van der Waals surface area contributed by atoms with Gasteiger partial charge in [-0.2, -0.15) is 4.31 Å². The summed E-state index contributed by atoms with van der Waals surface area (Å²) in [6.07, 6.45) is 4.60. The highest BCUT2D eigenvalue weighted by Gasteiger charge is 2.37. The zero-order valence-electron chi connectivity index (χ0n) is 22.4. The van der Waals surface area contributed by atoms with E-state index < -0.39 is 15.9 Å². The molecule has 8 nitrogen and oxygen atoms in total. The van der Waals surface area contributed by atoms with Crippen LogP contribution in [0.3, 0.4) is 0 Å². The topological polar surface area (TPSA) is 110 Å². The van der Waals surface area contributed by atoms with E-state index in [1.165, 1.54) is 11.2 Å². The van der Waals surface area contributed by atoms with Gasteiger partial charge in [-0.3, -0.25) is 9.59 Å². The Bertz CT molecular complexity index is 1500. The molecule has 2 aromatic carbocycles. The highest BCUT2D eigenvalue weighted by Crippen LogP contribution is 2.30. The van der Waals surface area contributed by atoms with E-state index in [-0.39, 0.29) is 34.6 Å². The average Bonchev–Trinajstić information content (AvgIpc) is 3.24. The number of carbonyl (C=O) groups is 2. The number of benzene rings is 2. The number of rotatable bonds is 7. The summed E-state index contributed by atoms with van der Waals surface area (Å²) in [5, 5.41) is 6.78. The molecule has 1 saturated heterocycles. The van der Waals surface area contributed by atoms with E-state index in [1.807, 2.05) is 26.8 Å². The first-order valence-corrected chi connectivity index (χ1v) is 14.1. The van der Waals surface area contributed by atoms with Crippen LogP contribution >= 0.6 is 0 Å². The van der Waals surface area contributed by atoms with Crippen LogP contribution in [0.4, 0.5) is 5.69 Å². The summed E-state index contributed by atoms with van der Waals surface area (Å²) < 4.78 is 34.3. The SMILES string of the molecule is CC(=O)c1cccc(NC(=O)[C@@H]2CCCN(S(=O)(=O)c3c(C)noc3/C=C/c3c(C)cc(C)cc3C)C2)c1. The van der Waals surface area contributed by atoms with Crippen molar-refractivity contribution in [2.75, 3.05) is 18.4 Å². The number of hydrogen-bond acceptors (Lipinski definition) is 6. The molecule has 1 aromatic heterocycles. The van der Waals surface area contributed by atoms with Crippen LogP contribution in [0.2, 0.25) is 0 Å². The Morgan fingerprint density at radius 1 is 1.08 bits per heavy atom. The minimum absolute atomic E-state index is 0.0198. The van der Waals surface area contributed by atoms with Crippen molar-refractivity contribution < 1.29 is 22.5 Å². The maximum Gasteiger partial charge on any atom is 0.248 e. The van der Waals surface area contributed by atoms with E-state index in [4.69, 9.17) is 4.52 Å². The normalized spacial score (nSPS) is 16.6. The van der Waals surface area contributed by atoms with Gasteiger partial charge in [0.2, 0.25) is 15.9 Å². The second-order valence-corrected chi connectivity index (χ2v) is 11.8. The van der Waals surface area contributed by atoms with Crippen LogP contribution in [0.25, 0.3) is 12.2 Å². The fourth-order valence-electron chi connectivity index (χ4n) is 4.98. The fourth-order valence-corrected chi connectivity index (χ4v) is 6.75. The fraction of sp³-hybridized carbons (Fsp3) is 0.345. The Morgan fingerprint density at radius 3 is 2.47 bits per heavy atom. The number of nitrogens with zero attached hydrogens (tertiary/aromatic N) is 2. The molecule has 2 heterocycles. The predicted molar refractivity (Wildman–Crippen MR) is 147 cm³/mol. The standard InChI is InChI=1S/C29H33N3O5S/c1-18-14-19(2)26(20(3)15-18)11-12-27-28(21(4)31-37-27)38(35,36)32-13-7-9-24(17-32)29(34)30-25-10-6-8-23(16-25)22(5)33/h6,8,10-12,14-16,24H,7,9,13,17H2,1-5H3,(H,30,34)/b12-11+/t24-/m1/s1. The van der Waals surface area contributed by atoms with Crippen LogP contribution in [0.15, 0.2) is 45.8 Å². The summed E-state index contributed by atoms with van der Waals surface area (Å²) in [4.78, 5) is 24.7. The minimum atomic E-state index is -3.97. The molecule has 0 bridgehead atoms. The van der Waals surface area contributed by atoms with Gasteiger partial charge >= 0.3 is 0 Å². The largest absolute Gasteiger partial charge is 0.355 e. The molecule has 0 saturated carbocycles. The summed E-state index contributed by atoms with van der Waals surface area (Å²) >= 11 is 0. The predicted octanol–water partition coefficient (Wildman–Crippen LogP) is 5.32. The van der Waals surface area contributed by atoms with Crippen molar-refractivity contribution in [3.63, 3.8) is 0 Å². The summed E-state index contributed by atoms with van der Waals surface area (Å²) in [7, 11) is -3.97. The number of amides is 1. The smallest absolute Gasteiger partial charge is 0.248 e. The second kappa shape index (κ2) is 11.0. The van der Waals surface area contributed by atoms with Crippen molar-refractivity contribution in [2.45, 2.75) is 52.4 Å². The lowest BCUT2D eigenvalue weighted by Crippen LogP contribution is -2.43. The molecule has 1 amide bonds. The van der Waals surface area contributed by atoms with E-state index in [1.54, 1.807) is 37.3 Å². The lowest BCUT2D eigenvalue weighted by Gasteiger charge is -2.31. The lowest BCUT2D eigenvalue weighted by atomic mass is 9.98. The Labute approximate surface area is 223 Å². The lowest BCUT2D eigenvalue weighted by molar-refractivity contribution is -0.120. The van der Waals surface area contributed by atoms with Crippen LogP contribution < -0.4 is 5.32 Å². The molecule has 200 valence electrons. The molecular formula is C29H33N3O5S. The van der Waals surface area contributed by atoms with Crippen LogP contribution in [-0.2, 0) is 14.8 Å². The Hall–Kier alpha value is -3.56. The first-order chi connectivity index (χ1) is 18.0. The van der Waals surface area contributed by atoms with Gasteiger partial charge in [0, 0.05) is 24.3 Å². The van der Waals surface area contributed by atoms with Gasteiger partial charge < -0.3 is 9.84 Å². The molecule has 1 fully saturated rings. The maximum absolute atomic E-state index is 13.7. The Kier molecular flexibility index (Phi) is 7.99. The van der Waals surface area contributed by atoms with E-state index in [0.29, 0.717) is 30.6 Å². The monoisotopic (exact) mass is 535 g/mol. The molecule has 0 unspecified atom stereocenters. The molecule has 0 spiro atoms. The van der Waals surface area contributed by atoms with Crippen LogP contribution in [0.1, 0.15) is 63.8 Å². The van der Waals surface area contributed by atoms with Crippen molar-refractivity contribution in [2.24, 2.45) is 5.92 Å². The van der Waals surface area contributed by atoms with Crippen molar-refractivity contribution >= 4 is 39.6 Å². The molecule has 0 aliphatic carbocycles. The number of carbonyl (C=O) groups excluding carboxylic acids is 2. The Morgan fingerprint density at radius 2 is 1.79 bits per heavy atom. The summed E-state index contributed by atoms with van der Waals surface area (Å²) in [5.74, 6) is -0.748. The number of nitrogens with one attached hydrogen (secondary N) is 1. The van der Waals surface area contributed by atoms with Gasteiger partial charge in [0.25, 0.3) is 0 Å². The third kappa shape index (κ3) is 5.79. The van der Waals surface area contributed by atoms with E-state index in [2.05, 4.69) is 22.6 Å². The van der Waals surface area contributed by atoms with E-state index in [0.717, 1.165) is 22.3 Å². The number of Topliss-reactive ketones (excluding diaryl/α,β-unsaturated/α-hetero) is 1. The zero-order valence-corrected chi connectivity index (χ0v) is 23.2. The molecule has 4 rings (SSSR count). The molecule has 1 aliphatic rings. The second-order valence-electron chi connectivity index (χ2n) is 9.94. The van der Waals surface area contributed by atoms with Crippen LogP contribution in [0.5, 0.6) is 0 Å². The van der Waals surface area contributed by atoms with Crippen LogP contribution in [0, 0.1) is 33.6 Å². The van der Waals surface area contributed by atoms with Gasteiger partial charge in [-0.05, 0) is 82.4 Å². The van der Waals surface area contributed by atoms with Crippen LogP contribution in [-0.4, -0.2) is 42.7 Å². The number of aromatic nitrogens is 1. The Balaban J connectivity index is 1.55. The number of ketones is 1. The van der Waals surface area contributed by atoms with Gasteiger partial charge in [0.15, 0.2) is 16.4 Å². The van der Waals surface area contributed by atoms with Gasteiger partial charge in [0.1, 0.15) is 5.69 Å².